The number of amidine groups is 1. The SMILES string of the molecule is Cc1cc(C)cc(CCC[C@H](NC(=O)CNC(=O)[C@H](CC(=O)O)NC(=O)CNC(=O)[C@@H](NC(=O)[C@](C)(Cc2ccccc2F)NC(=O)[C@@H](NC(=O)CNC(=O)[C@H](C/C(=N/N)NN)NC(=O)C(C)(C)CC(=O)NCCN2CCCCC2=O)[C@@H](C)O)[C@@H](C)O)C(N)=O)c1. The summed E-state index contributed by atoms with van der Waals surface area (Å²) in [7, 11) is 0. The molecule has 20 N–H and O–H groups in total. The van der Waals surface area contributed by atoms with Gasteiger partial charge in [0.2, 0.25) is 70.9 Å². The number of primary amides is 1. The summed E-state index contributed by atoms with van der Waals surface area (Å²) in [6.07, 6.45) is -2.81. The molecule has 0 saturated carbocycles. The minimum atomic E-state index is -2.32. The molecule has 32 nitrogen and oxygen atoms in total. The third-order valence-electron chi connectivity index (χ3n) is 14.4. The molecule has 91 heavy (non-hydrogen) atoms. The van der Waals surface area contributed by atoms with E-state index < -0.39 is 169 Å². The first-order valence-electron chi connectivity index (χ1n) is 29.3. The Bertz CT molecular complexity index is 2980. The highest BCUT2D eigenvalue weighted by Crippen LogP contribution is 2.22. The van der Waals surface area contributed by atoms with E-state index in [4.69, 9.17) is 17.4 Å². The standard InChI is InChI=1S/C58H87FN16O16/c1-31-21-32(2)23-35(22-31)13-12-16-38(50(60)85)67-43(79)28-64-52(87)40(25-47(83)84)68-44(80)29-66-53(88)48(33(3)76)71-56(91)58(7,26-36-14-8-9-15-37(36)59)72-54(89)49(34(4)77)70-45(81)30-65-51(86)39(24-41(73-61)74-62)69-55(90)57(5,6)27-42(78)63-18-20-75-19-11-10-17-46(75)82/h8-9,14-15,21-23,33-34,38-40,48-49,76-77H,10-13,16-20,24-30,61-62H2,1-7H3,(H2,60,85)(H,63,78)(H,64,87)(H,65,86)(H,66,88)(H,67,79)(H,68,80)(H,69,90)(H,70,81)(H,71,91)(H,72,89)(H,73,74)(H,83,84)/t33-,34-,38+,39+,40+,48+,49+,58+/m1/s1. The molecule has 0 spiro atoms. The van der Waals surface area contributed by atoms with Crippen LogP contribution in [0.5, 0.6) is 0 Å². The van der Waals surface area contributed by atoms with Crippen LogP contribution in [0.15, 0.2) is 47.6 Å². The van der Waals surface area contributed by atoms with Gasteiger partial charge in [0.1, 0.15) is 47.4 Å². The van der Waals surface area contributed by atoms with Gasteiger partial charge in [0.15, 0.2) is 0 Å². The Morgan fingerprint density at radius 1 is 0.692 bits per heavy atom. The Labute approximate surface area is 525 Å². The maximum Gasteiger partial charge on any atom is 0.305 e. The van der Waals surface area contributed by atoms with Gasteiger partial charge in [0, 0.05) is 45.3 Å². The zero-order chi connectivity index (χ0) is 68.3. The molecule has 0 radical (unpaired) electrons. The number of aliphatic hydroxyl groups is 2. The summed E-state index contributed by atoms with van der Waals surface area (Å²) in [4.78, 5) is 172. The van der Waals surface area contributed by atoms with E-state index >= 15 is 4.39 Å². The van der Waals surface area contributed by atoms with Gasteiger partial charge < -0.3 is 90.4 Å². The third kappa shape index (κ3) is 25.9. The van der Waals surface area contributed by atoms with Crippen LogP contribution in [0.4, 0.5) is 4.39 Å². The highest BCUT2D eigenvalue weighted by Gasteiger charge is 2.42. The van der Waals surface area contributed by atoms with Gasteiger partial charge in [-0.15, -0.1) is 0 Å². The van der Waals surface area contributed by atoms with Crippen molar-refractivity contribution in [3.8, 4) is 0 Å². The molecule has 1 aliphatic heterocycles. The monoisotopic (exact) mass is 1280 g/mol. The number of halogens is 1. The van der Waals surface area contributed by atoms with E-state index in [1.54, 1.807) is 4.90 Å². The number of hydrazine groups is 1. The van der Waals surface area contributed by atoms with Crippen molar-refractivity contribution in [2.45, 2.75) is 161 Å². The molecule has 2 aromatic rings. The van der Waals surface area contributed by atoms with Gasteiger partial charge in [0.05, 0.1) is 43.7 Å². The van der Waals surface area contributed by atoms with Crippen molar-refractivity contribution in [2.24, 2.45) is 27.9 Å². The lowest BCUT2D eigenvalue weighted by Gasteiger charge is -2.34. The number of aliphatic hydroxyl groups excluding tert-OH is 2. The topological polar surface area (TPSA) is 509 Å². The molecule has 1 fully saturated rings. The first kappa shape index (κ1) is 75.9. The summed E-state index contributed by atoms with van der Waals surface area (Å²) in [5.74, 6) is -3.05. The zero-order valence-electron chi connectivity index (χ0n) is 52.0. The van der Waals surface area contributed by atoms with Gasteiger partial charge in [-0.2, -0.15) is 5.10 Å². The van der Waals surface area contributed by atoms with Crippen LogP contribution in [0.1, 0.15) is 108 Å². The maximum absolute atomic E-state index is 15.3. The predicted molar refractivity (Wildman–Crippen MR) is 324 cm³/mol. The molecule has 502 valence electrons. The fraction of sp³-hybridized carbons (Fsp3) is 0.552. The molecule has 33 heteroatoms. The second-order valence-corrected chi connectivity index (χ2v) is 23.0. The summed E-state index contributed by atoms with van der Waals surface area (Å²) < 4.78 is 15.3. The number of carbonyl (C=O) groups is 13. The largest absolute Gasteiger partial charge is 0.481 e. The molecule has 8 atom stereocenters. The number of nitrogens with one attached hydrogen (secondary N) is 11. The van der Waals surface area contributed by atoms with Crippen LogP contribution in [-0.4, -0.2) is 190 Å². The molecule has 12 amide bonds. The highest BCUT2D eigenvalue weighted by atomic mass is 19.1. The number of aryl methyl sites for hydroxylation is 3. The lowest BCUT2D eigenvalue weighted by Crippen LogP contribution is -2.66. The smallest absolute Gasteiger partial charge is 0.305 e. The van der Waals surface area contributed by atoms with Gasteiger partial charge in [-0.25, -0.2) is 10.2 Å². The van der Waals surface area contributed by atoms with Gasteiger partial charge in [0.25, 0.3) is 0 Å². The lowest BCUT2D eigenvalue weighted by molar-refractivity contribution is -0.141. The van der Waals surface area contributed by atoms with E-state index in [1.807, 2.05) is 32.0 Å². The molecule has 2 aromatic carbocycles. The van der Waals surface area contributed by atoms with Crippen molar-refractivity contribution < 1.29 is 82.0 Å². The fourth-order valence-electron chi connectivity index (χ4n) is 9.51. The van der Waals surface area contributed by atoms with Crippen LogP contribution >= 0.6 is 0 Å². The number of nitrogens with zero attached hydrogens (tertiary/aromatic N) is 2. The second-order valence-electron chi connectivity index (χ2n) is 23.0. The summed E-state index contributed by atoms with van der Waals surface area (Å²) in [6, 6.07) is 2.60. The number of likely N-dealkylation sites (tertiary alicyclic amines) is 1. The van der Waals surface area contributed by atoms with Crippen molar-refractivity contribution in [2.75, 3.05) is 39.3 Å². The van der Waals surface area contributed by atoms with Gasteiger partial charge in [-0.05, 0) is 83.9 Å². The summed E-state index contributed by atoms with van der Waals surface area (Å²) in [6.45, 7) is 8.23. The second kappa shape index (κ2) is 36.3. The fourth-order valence-corrected chi connectivity index (χ4v) is 9.51. The number of hydrogen-bond donors (Lipinski definition) is 17. The number of piperidine rings is 1. The number of carboxylic acid groups (broad SMARTS) is 1. The number of amides is 12. The first-order valence-corrected chi connectivity index (χ1v) is 29.3. The summed E-state index contributed by atoms with van der Waals surface area (Å²) >= 11 is 0. The Morgan fingerprint density at radius 3 is 1.78 bits per heavy atom. The average Bonchev–Trinajstić information content (AvgIpc) is 0.910. The molecule has 0 aromatic heterocycles. The number of hydrogen-bond acceptors (Lipinski definition) is 18. The van der Waals surface area contributed by atoms with Crippen LogP contribution in [0.2, 0.25) is 0 Å². The maximum atomic E-state index is 15.3. The van der Waals surface area contributed by atoms with Crippen LogP contribution < -0.4 is 76.0 Å². The number of benzene rings is 2. The van der Waals surface area contributed by atoms with E-state index in [0.717, 1.165) is 56.4 Å². The van der Waals surface area contributed by atoms with Crippen molar-refractivity contribution >= 4 is 82.7 Å². The number of rotatable bonds is 36. The Kier molecular flexibility index (Phi) is 30.3. The number of hydrazone groups is 1. The summed E-state index contributed by atoms with van der Waals surface area (Å²) in [5, 5.41) is 57.6. The Balaban J connectivity index is 1.69. The van der Waals surface area contributed by atoms with Gasteiger partial charge in [-0.1, -0.05) is 61.4 Å². The molecule has 3 rings (SSSR count). The zero-order valence-corrected chi connectivity index (χ0v) is 52.0. The van der Waals surface area contributed by atoms with Crippen molar-refractivity contribution in [1.82, 2.24) is 63.5 Å². The van der Waals surface area contributed by atoms with E-state index in [1.165, 1.54) is 32.0 Å². The van der Waals surface area contributed by atoms with Crippen molar-refractivity contribution in [1.29, 1.82) is 0 Å². The number of aliphatic carboxylic acids is 1. The molecule has 1 heterocycles. The van der Waals surface area contributed by atoms with E-state index in [-0.39, 0.29) is 43.2 Å². The first-order chi connectivity index (χ1) is 42.7. The molecule has 1 saturated heterocycles. The average molecular weight is 1280 g/mol. The molecule has 0 unspecified atom stereocenters. The van der Waals surface area contributed by atoms with Gasteiger partial charge in [-0.3, -0.25) is 62.3 Å². The van der Waals surface area contributed by atoms with Crippen LogP contribution in [0.25, 0.3) is 0 Å². The predicted octanol–water partition coefficient (Wildman–Crippen LogP) is -4.95. The molecule has 0 bridgehead atoms. The lowest BCUT2D eigenvalue weighted by atomic mass is 9.87. The van der Waals surface area contributed by atoms with Crippen LogP contribution in [-0.2, 0) is 75.2 Å². The Hall–Kier alpha value is -9.37. The minimum absolute atomic E-state index is 0.0251. The van der Waals surface area contributed by atoms with Crippen LogP contribution in [0, 0.1) is 25.1 Å². The van der Waals surface area contributed by atoms with Crippen LogP contribution in [0.3, 0.4) is 0 Å². The normalized spacial score (nSPS) is 15.4. The summed E-state index contributed by atoms with van der Waals surface area (Å²) in [5.41, 5.74) is 6.85. The molecular formula is C58H87FN16O16. The van der Waals surface area contributed by atoms with E-state index in [2.05, 4.69) is 63.7 Å². The molecule has 0 aliphatic carbocycles. The Morgan fingerprint density at radius 2 is 1.24 bits per heavy atom. The van der Waals surface area contributed by atoms with Gasteiger partial charge >= 0.3 is 5.97 Å². The minimum Gasteiger partial charge on any atom is -0.481 e. The molecule has 1 aliphatic rings. The highest BCUT2D eigenvalue weighted by molar-refractivity contribution is 6.00. The quantitative estimate of drug-likeness (QED) is 0.0132. The van der Waals surface area contributed by atoms with Crippen molar-refractivity contribution in [3.05, 3.63) is 70.5 Å². The molecular weight excluding hydrogens is 1200 g/mol. The number of nitrogens with two attached hydrogens (primary N) is 3. The number of carboxylic acids is 1. The number of carbonyl (C=O) groups excluding carboxylic acids is 12. The van der Waals surface area contributed by atoms with Crippen molar-refractivity contribution in [3.63, 3.8) is 0 Å². The third-order valence-corrected chi connectivity index (χ3v) is 14.4. The van der Waals surface area contributed by atoms with E-state index in [0.29, 0.717) is 25.8 Å². The van der Waals surface area contributed by atoms with E-state index in [9.17, 15) is 77.6 Å².